The van der Waals surface area contributed by atoms with Gasteiger partial charge in [0.05, 0.1) is 0 Å². The molecular formula is C12H27LiZn. The first kappa shape index (κ1) is 29.5. The Kier molecular flexibility index (Phi) is 100. The minimum atomic E-state index is 0. The van der Waals surface area contributed by atoms with E-state index in [1.54, 1.807) is 0 Å². The Balaban J connectivity index is -0.0000000270. The third-order valence-corrected chi connectivity index (χ3v) is 1.22. The number of rotatable bonds is 3. The Labute approximate surface area is 118 Å². The smallest absolute Gasteiger partial charge is 0.332 e. The van der Waals surface area contributed by atoms with E-state index in [1.165, 1.54) is 19.3 Å². The molecule has 0 atom stereocenters. The number of hydrogen-bond donors (Lipinski definition) is 0. The fraction of sp³-hybridized carbons (Fsp3) is 0.750. The third-order valence-electron chi connectivity index (χ3n) is 1.22. The zero-order valence-electron chi connectivity index (χ0n) is 11.6. The molecule has 0 aliphatic carbocycles. The van der Waals surface area contributed by atoms with Crippen LogP contribution in [-0.4, -0.2) is 0 Å². The summed E-state index contributed by atoms with van der Waals surface area (Å²) in [4.78, 5) is 0. The van der Waals surface area contributed by atoms with Gasteiger partial charge in [0.1, 0.15) is 0 Å². The van der Waals surface area contributed by atoms with Crippen LogP contribution in [0.4, 0.5) is 0 Å². The van der Waals surface area contributed by atoms with Crippen LogP contribution in [0.25, 0.3) is 0 Å². The van der Waals surface area contributed by atoms with Crippen LogP contribution in [0.3, 0.4) is 0 Å². The van der Waals surface area contributed by atoms with Crippen LogP contribution in [0, 0.1) is 19.3 Å². The summed E-state index contributed by atoms with van der Waals surface area (Å²) < 4.78 is 0. The van der Waals surface area contributed by atoms with E-state index in [0.717, 1.165) is 0 Å². The van der Waals surface area contributed by atoms with Gasteiger partial charge >= 0.3 is 38.3 Å². The molecule has 0 nitrogen and oxygen atoms in total. The summed E-state index contributed by atoms with van der Waals surface area (Å²) in [6, 6.07) is 0. The van der Waals surface area contributed by atoms with E-state index in [0.29, 0.717) is 0 Å². The summed E-state index contributed by atoms with van der Waals surface area (Å²) in [6.45, 7) is 12.5. The molecule has 0 aromatic carbocycles. The van der Waals surface area contributed by atoms with E-state index in [2.05, 4.69) is 60.8 Å². The minimum absolute atomic E-state index is 0. The summed E-state index contributed by atoms with van der Waals surface area (Å²) in [5.41, 5.74) is 0. The first-order valence-electron chi connectivity index (χ1n) is 5.08. The second-order valence-corrected chi connectivity index (χ2v) is 2.45. The molecule has 0 spiro atoms. The van der Waals surface area contributed by atoms with Crippen LogP contribution in [0.15, 0.2) is 0 Å². The molecule has 14 heavy (non-hydrogen) atoms. The van der Waals surface area contributed by atoms with E-state index < -0.39 is 0 Å². The van der Waals surface area contributed by atoms with Crippen LogP contribution >= 0.6 is 0 Å². The van der Waals surface area contributed by atoms with Crippen molar-refractivity contribution in [2.45, 2.75) is 60.8 Å². The van der Waals surface area contributed by atoms with Gasteiger partial charge in [-0.25, -0.2) is 0 Å². The molecule has 0 rings (SSSR count). The van der Waals surface area contributed by atoms with Crippen molar-refractivity contribution in [3.05, 3.63) is 19.3 Å². The molecule has 0 radical (unpaired) electrons. The first-order valence-corrected chi connectivity index (χ1v) is 5.08. The molecule has 0 aliphatic heterocycles. The quantitative estimate of drug-likeness (QED) is 0.524. The van der Waals surface area contributed by atoms with Crippen LogP contribution < -0.4 is 18.9 Å². The van der Waals surface area contributed by atoms with Gasteiger partial charge in [-0.1, -0.05) is 20.8 Å². The average Bonchev–Trinajstić information content (AvgIpc) is 2.18. The van der Waals surface area contributed by atoms with E-state index in [-0.39, 0.29) is 38.3 Å². The van der Waals surface area contributed by atoms with Gasteiger partial charge in [-0.05, 0) is 0 Å². The molecule has 78 valence electrons. The monoisotopic (exact) mass is 242 g/mol. The Morgan fingerprint density at radius 3 is 0.714 bits per heavy atom. The summed E-state index contributed by atoms with van der Waals surface area (Å²) in [5.74, 6) is 0. The standard InChI is InChI=1S/3C4H9.Li.Zn/c3*1-3-4-2;;/h3*3H,4H2,1-2H3;;/q3*-1;+1;+2. The molecule has 0 fully saturated rings. The first-order chi connectivity index (χ1) is 5.74. The molecule has 0 aromatic rings. The van der Waals surface area contributed by atoms with E-state index >= 15 is 0 Å². The van der Waals surface area contributed by atoms with Crippen LogP contribution in [0.2, 0.25) is 0 Å². The molecule has 0 N–H and O–H groups in total. The van der Waals surface area contributed by atoms with Crippen molar-refractivity contribution in [3.63, 3.8) is 0 Å². The van der Waals surface area contributed by atoms with Crippen molar-refractivity contribution in [1.82, 2.24) is 0 Å². The van der Waals surface area contributed by atoms with Gasteiger partial charge < -0.3 is 19.3 Å². The Morgan fingerprint density at radius 2 is 0.714 bits per heavy atom. The SMILES string of the molecule is C[CH-]CC.C[CH-]CC.C[CH-]CC.[Li+].[Zn+2]. The molecular weight excluding hydrogens is 216 g/mol. The molecule has 0 saturated carbocycles. The number of hydrogen-bond acceptors (Lipinski definition) is 0. The summed E-state index contributed by atoms with van der Waals surface area (Å²) in [5, 5.41) is 0. The second-order valence-electron chi connectivity index (χ2n) is 2.45. The summed E-state index contributed by atoms with van der Waals surface area (Å²) in [7, 11) is 0. The van der Waals surface area contributed by atoms with Crippen LogP contribution in [0.5, 0.6) is 0 Å². The summed E-state index contributed by atoms with van der Waals surface area (Å²) in [6.07, 6.45) is 9.96. The van der Waals surface area contributed by atoms with Gasteiger partial charge in [0, 0.05) is 0 Å². The molecule has 0 unspecified atom stereocenters. The summed E-state index contributed by atoms with van der Waals surface area (Å²) >= 11 is 0. The van der Waals surface area contributed by atoms with Gasteiger partial charge in [0.15, 0.2) is 0 Å². The molecule has 2 heteroatoms. The second kappa shape index (κ2) is 47.7. The molecule has 0 bridgehead atoms. The van der Waals surface area contributed by atoms with E-state index in [9.17, 15) is 0 Å². The van der Waals surface area contributed by atoms with E-state index in [1.807, 2.05) is 0 Å². The fourth-order valence-corrected chi connectivity index (χ4v) is 0. The normalized spacial score (nSPS) is 6.43. The average molecular weight is 244 g/mol. The Bertz CT molecular complexity index is 25.8. The molecule has 0 aliphatic rings. The third kappa shape index (κ3) is 111. The maximum absolute atomic E-state index is 2.12. The van der Waals surface area contributed by atoms with Crippen molar-refractivity contribution < 1.29 is 38.3 Å². The van der Waals surface area contributed by atoms with Gasteiger partial charge in [0.25, 0.3) is 0 Å². The van der Waals surface area contributed by atoms with Crippen molar-refractivity contribution >= 4 is 0 Å². The largest absolute Gasteiger partial charge is 2.00 e. The molecule has 0 amide bonds. The minimum Gasteiger partial charge on any atom is -0.332 e. The maximum Gasteiger partial charge on any atom is 2.00 e. The van der Waals surface area contributed by atoms with Crippen molar-refractivity contribution in [2.24, 2.45) is 0 Å². The molecule has 0 heterocycles. The predicted octanol–water partition coefficient (Wildman–Crippen LogP) is 1.86. The predicted molar refractivity (Wildman–Crippen MR) is 60.8 cm³/mol. The van der Waals surface area contributed by atoms with E-state index in [4.69, 9.17) is 0 Å². The van der Waals surface area contributed by atoms with Gasteiger partial charge in [-0.3, -0.25) is 0 Å². The van der Waals surface area contributed by atoms with Crippen molar-refractivity contribution in [2.75, 3.05) is 0 Å². The number of unbranched alkanes of at least 4 members (excludes halogenated alkanes) is 3. The van der Waals surface area contributed by atoms with Crippen molar-refractivity contribution in [3.8, 4) is 0 Å². The van der Waals surface area contributed by atoms with Crippen molar-refractivity contribution in [1.29, 1.82) is 0 Å². The fourth-order valence-electron chi connectivity index (χ4n) is 0. The van der Waals surface area contributed by atoms with Crippen LogP contribution in [-0.2, 0) is 19.5 Å². The molecule has 0 aromatic heterocycles. The van der Waals surface area contributed by atoms with Gasteiger partial charge in [-0.15, -0.1) is 0 Å². The maximum atomic E-state index is 2.12. The Hall–Kier alpha value is 1.22. The van der Waals surface area contributed by atoms with Gasteiger partial charge in [0.2, 0.25) is 0 Å². The zero-order valence-corrected chi connectivity index (χ0v) is 14.5. The Morgan fingerprint density at radius 1 is 0.643 bits per heavy atom. The van der Waals surface area contributed by atoms with Crippen LogP contribution in [0.1, 0.15) is 60.8 Å². The van der Waals surface area contributed by atoms with Gasteiger partial charge in [-0.2, -0.15) is 40.0 Å². The molecule has 0 saturated heterocycles. The topological polar surface area (TPSA) is 0 Å². The zero-order chi connectivity index (χ0) is 10.2.